The van der Waals surface area contributed by atoms with Crippen LogP contribution in [0.2, 0.25) is 0 Å². The molecule has 1 unspecified atom stereocenters. The highest BCUT2D eigenvalue weighted by Crippen LogP contribution is 2.07. The lowest BCUT2D eigenvalue weighted by Crippen LogP contribution is -2.43. The van der Waals surface area contributed by atoms with Crippen LogP contribution in [0.4, 0.5) is 4.79 Å². The number of carbonyl (C=O) groups excluding carboxylic acids is 1. The van der Waals surface area contributed by atoms with Crippen LogP contribution in [-0.4, -0.2) is 48.3 Å². The predicted octanol–water partition coefficient (Wildman–Crippen LogP) is 3.49. The molecule has 0 radical (unpaired) electrons. The summed E-state index contributed by atoms with van der Waals surface area (Å²) in [5.41, 5.74) is 0.530. The van der Waals surface area contributed by atoms with Gasteiger partial charge in [-0.2, -0.15) is 0 Å². The molecular weight excluding hydrogens is 469 g/mol. The van der Waals surface area contributed by atoms with Gasteiger partial charge in [0.25, 0.3) is 0 Å². The summed E-state index contributed by atoms with van der Waals surface area (Å²) in [7, 11) is 0. The molecule has 1 amide bonds. The molecule has 0 fully saturated rings. The van der Waals surface area contributed by atoms with Gasteiger partial charge in [-0.25, -0.2) is 4.79 Å². The highest BCUT2D eigenvalue weighted by Gasteiger charge is 2.19. The van der Waals surface area contributed by atoms with E-state index in [4.69, 9.17) is 4.74 Å². The van der Waals surface area contributed by atoms with Crippen LogP contribution in [-0.2, 0) is 11.2 Å². The smallest absolute Gasteiger partial charge is 0.407 e. The average molecular weight is 505 g/mol. The van der Waals surface area contributed by atoms with Crippen molar-refractivity contribution in [3.8, 4) is 0 Å². The van der Waals surface area contributed by atoms with Gasteiger partial charge in [0.05, 0.1) is 12.6 Å². The van der Waals surface area contributed by atoms with Gasteiger partial charge in [0, 0.05) is 31.4 Å². The molecule has 1 aromatic rings. The topological polar surface area (TPSA) is 87.6 Å². The van der Waals surface area contributed by atoms with Crippen molar-refractivity contribution >= 4 is 36.0 Å². The van der Waals surface area contributed by atoms with Crippen molar-refractivity contribution in [2.24, 2.45) is 4.99 Å². The fraction of sp³-hybridized carbons (Fsp3) is 0.650. The van der Waals surface area contributed by atoms with E-state index in [0.29, 0.717) is 6.54 Å². The number of nitrogens with zero attached hydrogens (tertiary/aromatic N) is 2. The molecule has 0 bridgehead atoms. The number of hydrogen-bond acceptors (Lipinski definition) is 4. The number of aliphatic imine (C=N–C) groups is 1. The SMILES string of the molecule is CCCC(CN=C(NCC)NCCc1ccccn1)NC(=O)OC(C)(C)C.I. The van der Waals surface area contributed by atoms with E-state index in [-0.39, 0.29) is 30.0 Å². The number of hydrogen-bond donors (Lipinski definition) is 3. The molecule has 1 aromatic heterocycles. The number of carbonyl (C=O) groups is 1. The molecule has 8 heteroatoms. The van der Waals surface area contributed by atoms with Crippen molar-refractivity contribution in [3.63, 3.8) is 0 Å². The zero-order chi connectivity index (χ0) is 20.1. The Morgan fingerprint density at radius 2 is 2.00 bits per heavy atom. The third-order valence-corrected chi connectivity index (χ3v) is 3.57. The number of ether oxygens (including phenoxy) is 1. The van der Waals surface area contributed by atoms with E-state index < -0.39 is 11.7 Å². The van der Waals surface area contributed by atoms with E-state index in [9.17, 15) is 4.79 Å². The first-order chi connectivity index (χ1) is 12.8. The Labute approximate surface area is 186 Å². The second kappa shape index (κ2) is 14.4. The van der Waals surface area contributed by atoms with Gasteiger partial charge in [0.15, 0.2) is 5.96 Å². The number of alkyl carbamates (subject to hydrolysis) is 1. The molecule has 1 heterocycles. The summed E-state index contributed by atoms with van der Waals surface area (Å²) < 4.78 is 5.35. The minimum Gasteiger partial charge on any atom is -0.444 e. The molecule has 3 N–H and O–H groups in total. The van der Waals surface area contributed by atoms with Crippen LogP contribution in [0.5, 0.6) is 0 Å². The summed E-state index contributed by atoms with van der Waals surface area (Å²) in [6.07, 6.45) is 4.02. The lowest BCUT2D eigenvalue weighted by Gasteiger charge is -2.23. The van der Waals surface area contributed by atoms with E-state index in [1.54, 1.807) is 6.20 Å². The first kappa shape index (κ1) is 26.4. The van der Waals surface area contributed by atoms with E-state index in [0.717, 1.165) is 44.0 Å². The molecule has 0 spiro atoms. The Morgan fingerprint density at radius 3 is 2.57 bits per heavy atom. The van der Waals surface area contributed by atoms with Crippen molar-refractivity contribution in [2.75, 3.05) is 19.6 Å². The molecule has 1 rings (SSSR count). The Kier molecular flexibility index (Phi) is 13.6. The highest BCUT2D eigenvalue weighted by molar-refractivity contribution is 14.0. The summed E-state index contributed by atoms with van der Waals surface area (Å²) in [6.45, 7) is 11.7. The molecule has 160 valence electrons. The van der Waals surface area contributed by atoms with Gasteiger partial charge in [-0.3, -0.25) is 9.98 Å². The lowest BCUT2D eigenvalue weighted by atomic mass is 10.1. The quantitative estimate of drug-likeness (QED) is 0.272. The number of nitrogens with one attached hydrogen (secondary N) is 3. The van der Waals surface area contributed by atoms with E-state index in [1.807, 2.05) is 45.9 Å². The fourth-order valence-corrected chi connectivity index (χ4v) is 2.43. The van der Waals surface area contributed by atoms with Crippen molar-refractivity contribution in [2.45, 2.75) is 65.5 Å². The molecule has 0 aliphatic heterocycles. The van der Waals surface area contributed by atoms with Crippen molar-refractivity contribution in [1.29, 1.82) is 0 Å². The third kappa shape index (κ3) is 12.7. The van der Waals surface area contributed by atoms with Crippen LogP contribution >= 0.6 is 24.0 Å². The monoisotopic (exact) mass is 505 g/mol. The molecule has 28 heavy (non-hydrogen) atoms. The van der Waals surface area contributed by atoms with Crippen LogP contribution < -0.4 is 16.0 Å². The summed E-state index contributed by atoms with van der Waals surface area (Å²) in [5, 5.41) is 9.47. The second-order valence-electron chi connectivity index (χ2n) is 7.35. The number of guanidine groups is 1. The number of amides is 1. The molecular formula is C20H36IN5O2. The van der Waals surface area contributed by atoms with Gasteiger partial charge >= 0.3 is 6.09 Å². The van der Waals surface area contributed by atoms with Gasteiger partial charge in [-0.1, -0.05) is 19.4 Å². The predicted molar refractivity (Wildman–Crippen MR) is 125 cm³/mol. The van der Waals surface area contributed by atoms with Gasteiger partial charge in [0.2, 0.25) is 0 Å². The van der Waals surface area contributed by atoms with Crippen molar-refractivity contribution < 1.29 is 9.53 Å². The molecule has 0 saturated heterocycles. The van der Waals surface area contributed by atoms with E-state index in [1.165, 1.54) is 0 Å². The normalized spacial score (nSPS) is 12.5. The molecule has 0 aliphatic rings. The zero-order valence-electron chi connectivity index (χ0n) is 17.7. The van der Waals surface area contributed by atoms with Gasteiger partial charge in [0.1, 0.15) is 5.60 Å². The molecule has 7 nitrogen and oxygen atoms in total. The highest BCUT2D eigenvalue weighted by atomic mass is 127. The first-order valence-corrected chi connectivity index (χ1v) is 9.75. The maximum atomic E-state index is 12.0. The first-order valence-electron chi connectivity index (χ1n) is 9.75. The largest absolute Gasteiger partial charge is 0.444 e. The van der Waals surface area contributed by atoms with Crippen LogP contribution in [0.15, 0.2) is 29.4 Å². The minimum absolute atomic E-state index is 0. The minimum atomic E-state index is -0.508. The Balaban J connectivity index is 0.00000729. The van der Waals surface area contributed by atoms with E-state index >= 15 is 0 Å². The Bertz CT molecular complexity index is 576. The van der Waals surface area contributed by atoms with Crippen LogP contribution in [0.25, 0.3) is 0 Å². The molecule has 0 saturated carbocycles. The van der Waals surface area contributed by atoms with Gasteiger partial charge in [-0.15, -0.1) is 24.0 Å². The van der Waals surface area contributed by atoms with Crippen LogP contribution in [0.3, 0.4) is 0 Å². The van der Waals surface area contributed by atoms with E-state index in [2.05, 4.69) is 32.9 Å². The van der Waals surface area contributed by atoms with Gasteiger partial charge in [-0.05, 0) is 46.2 Å². The number of rotatable bonds is 9. The number of halogens is 1. The van der Waals surface area contributed by atoms with Gasteiger partial charge < -0.3 is 20.7 Å². The molecule has 0 aliphatic carbocycles. The third-order valence-electron chi connectivity index (χ3n) is 3.57. The Morgan fingerprint density at radius 1 is 1.25 bits per heavy atom. The second-order valence-corrected chi connectivity index (χ2v) is 7.35. The summed E-state index contributed by atoms with van der Waals surface area (Å²) >= 11 is 0. The van der Waals surface area contributed by atoms with Crippen molar-refractivity contribution in [1.82, 2.24) is 20.9 Å². The number of aromatic nitrogens is 1. The zero-order valence-corrected chi connectivity index (χ0v) is 20.1. The maximum Gasteiger partial charge on any atom is 0.407 e. The molecule has 1 atom stereocenters. The summed E-state index contributed by atoms with van der Waals surface area (Å²) in [6, 6.07) is 5.84. The summed E-state index contributed by atoms with van der Waals surface area (Å²) in [4.78, 5) is 21.0. The number of pyridine rings is 1. The standard InChI is InChI=1S/C20H35N5O2.HI/c1-6-10-17(25-19(26)27-20(3,4)5)15-24-18(21-7-2)23-14-12-16-11-8-9-13-22-16;/h8-9,11,13,17H,6-7,10,12,14-15H2,1-5H3,(H,25,26)(H2,21,23,24);1H. The van der Waals surface area contributed by atoms with Crippen LogP contribution in [0, 0.1) is 0 Å². The van der Waals surface area contributed by atoms with Crippen molar-refractivity contribution in [3.05, 3.63) is 30.1 Å². The van der Waals surface area contributed by atoms with Crippen LogP contribution in [0.1, 0.15) is 53.2 Å². The Hall–Kier alpha value is -1.58. The fourth-order valence-electron chi connectivity index (χ4n) is 2.43. The lowest BCUT2D eigenvalue weighted by molar-refractivity contribution is 0.0503. The average Bonchev–Trinajstić information content (AvgIpc) is 2.59. The molecule has 0 aromatic carbocycles. The maximum absolute atomic E-state index is 12.0. The summed E-state index contributed by atoms with van der Waals surface area (Å²) in [5.74, 6) is 0.737.